The molecule has 1 atom stereocenters. The Hall–Kier alpha value is -2.50. The average Bonchev–Trinajstić information content (AvgIpc) is 2.85. The van der Waals surface area contributed by atoms with E-state index in [0.717, 1.165) is 5.56 Å². The Bertz CT molecular complexity index is 623. The molecule has 2 aliphatic heterocycles. The van der Waals surface area contributed by atoms with E-state index in [9.17, 15) is 9.59 Å². The summed E-state index contributed by atoms with van der Waals surface area (Å²) in [5.74, 6) is 0.281. The van der Waals surface area contributed by atoms with Gasteiger partial charge in [-0.15, -0.1) is 0 Å². The molecular weight excluding hydrogens is 260 g/mol. The van der Waals surface area contributed by atoms with Gasteiger partial charge in [0.25, 0.3) is 0 Å². The largest absolute Gasteiger partial charge is 0.497 e. The van der Waals surface area contributed by atoms with Crippen molar-refractivity contribution in [2.45, 2.75) is 6.04 Å². The summed E-state index contributed by atoms with van der Waals surface area (Å²) in [7, 11) is 3.19. The van der Waals surface area contributed by atoms with Crippen molar-refractivity contribution in [2.75, 3.05) is 20.8 Å². The SMILES string of the molecule is COc1cccc(C2NC(=O)N(C)C3=C2C(=O)OC3)c1. The lowest BCUT2D eigenvalue weighted by Crippen LogP contribution is -2.45. The summed E-state index contributed by atoms with van der Waals surface area (Å²) < 4.78 is 10.2. The van der Waals surface area contributed by atoms with Crippen molar-refractivity contribution in [1.29, 1.82) is 0 Å². The van der Waals surface area contributed by atoms with Crippen molar-refractivity contribution in [3.8, 4) is 5.75 Å². The monoisotopic (exact) mass is 274 g/mol. The van der Waals surface area contributed by atoms with Crippen LogP contribution in [-0.4, -0.2) is 37.7 Å². The van der Waals surface area contributed by atoms with Crippen LogP contribution in [0.15, 0.2) is 35.5 Å². The maximum atomic E-state index is 12.0. The first-order chi connectivity index (χ1) is 9.61. The van der Waals surface area contributed by atoms with E-state index in [-0.39, 0.29) is 18.6 Å². The van der Waals surface area contributed by atoms with Crippen molar-refractivity contribution >= 4 is 12.0 Å². The summed E-state index contributed by atoms with van der Waals surface area (Å²) in [6, 6.07) is 6.51. The first-order valence-electron chi connectivity index (χ1n) is 6.20. The van der Waals surface area contributed by atoms with Crippen LogP contribution in [-0.2, 0) is 9.53 Å². The Morgan fingerprint density at radius 1 is 1.40 bits per heavy atom. The topological polar surface area (TPSA) is 67.9 Å². The lowest BCUT2D eigenvalue weighted by Gasteiger charge is -2.30. The second kappa shape index (κ2) is 4.56. The van der Waals surface area contributed by atoms with E-state index in [0.29, 0.717) is 17.0 Å². The fraction of sp³-hybridized carbons (Fsp3) is 0.286. The van der Waals surface area contributed by atoms with E-state index < -0.39 is 6.04 Å². The van der Waals surface area contributed by atoms with Crippen LogP contribution in [0.25, 0.3) is 0 Å². The number of methoxy groups -OCH3 is 1. The van der Waals surface area contributed by atoms with E-state index in [1.165, 1.54) is 4.90 Å². The molecule has 0 bridgehead atoms. The number of carbonyl (C=O) groups excluding carboxylic acids is 2. The van der Waals surface area contributed by atoms with Crippen LogP contribution in [0.5, 0.6) is 5.75 Å². The Morgan fingerprint density at radius 3 is 2.95 bits per heavy atom. The number of rotatable bonds is 2. The normalized spacial score (nSPS) is 21.5. The highest BCUT2D eigenvalue weighted by atomic mass is 16.5. The highest BCUT2D eigenvalue weighted by Gasteiger charge is 2.40. The van der Waals surface area contributed by atoms with Crippen LogP contribution < -0.4 is 10.1 Å². The third kappa shape index (κ3) is 1.80. The van der Waals surface area contributed by atoms with Crippen LogP contribution in [0.3, 0.4) is 0 Å². The van der Waals surface area contributed by atoms with Gasteiger partial charge in [0.15, 0.2) is 0 Å². The molecule has 1 unspecified atom stereocenters. The zero-order chi connectivity index (χ0) is 14.3. The van der Waals surface area contributed by atoms with Gasteiger partial charge in [0, 0.05) is 7.05 Å². The second-order valence-electron chi connectivity index (χ2n) is 4.65. The van der Waals surface area contributed by atoms with Crippen molar-refractivity contribution < 1.29 is 19.1 Å². The van der Waals surface area contributed by atoms with Gasteiger partial charge in [-0.25, -0.2) is 9.59 Å². The molecule has 104 valence electrons. The van der Waals surface area contributed by atoms with E-state index in [1.54, 1.807) is 20.2 Å². The van der Waals surface area contributed by atoms with Crippen LogP contribution in [0.1, 0.15) is 11.6 Å². The summed E-state index contributed by atoms with van der Waals surface area (Å²) in [6.45, 7) is 0.137. The van der Waals surface area contributed by atoms with Crippen molar-refractivity contribution in [1.82, 2.24) is 10.2 Å². The van der Waals surface area contributed by atoms with Gasteiger partial charge < -0.3 is 14.8 Å². The molecular formula is C14H14N2O4. The number of benzene rings is 1. The number of nitrogens with one attached hydrogen (secondary N) is 1. The Morgan fingerprint density at radius 2 is 2.20 bits per heavy atom. The predicted molar refractivity (Wildman–Crippen MR) is 70.0 cm³/mol. The molecule has 0 spiro atoms. The molecule has 2 aliphatic rings. The van der Waals surface area contributed by atoms with Crippen LogP contribution in [0, 0.1) is 0 Å². The first kappa shape index (κ1) is 12.5. The fourth-order valence-corrected chi connectivity index (χ4v) is 2.46. The fourth-order valence-electron chi connectivity index (χ4n) is 2.46. The minimum absolute atomic E-state index is 0.137. The van der Waals surface area contributed by atoms with Gasteiger partial charge >= 0.3 is 12.0 Å². The molecule has 0 aliphatic carbocycles. The van der Waals surface area contributed by atoms with Gasteiger partial charge in [0.1, 0.15) is 12.4 Å². The Kier molecular flexibility index (Phi) is 2.85. The highest BCUT2D eigenvalue weighted by molar-refractivity contribution is 5.97. The minimum atomic E-state index is -0.501. The number of amides is 2. The molecule has 0 saturated heterocycles. The molecule has 0 fully saturated rings. The summed E-state index contributed by atoms with van der Waals surface area (Å²) in [5.41, 5.74) is 1.89. The summed E-state index contributed by atoms with van der Waals surface area (Å²) in [4.78, 5) is 25.3. The van der Waals surface area contributed by atoms with Gasteiger partial charge in [-0.1, -0.05) is 12.1 Å². The van der Waals surface area contributed by atoms with Gasteiger partial charge in [-0.05, 0) is 17.7 Å². The maximum Gasteiger partial charge on any atom is 0.338 e. The number of carbonyl (C=O) groups is 2. The molecule has 1 aromatic rings. The number of nitrogens with zero attached hydrogens (tertiary/aromatic N) is 1. The van der Waals surface area contributed by atoms with Gasteiger partial charge in [0.05, 0.1) is 24.4 Å². The zero-order valence-electron chi connectivity index (χ0n) is 11.2. The molecule has 20 heavy (non-hydrogen) atoms. The summed E-state index contributed by atoms with van der Waals surface area (Å²) in [5, 5.41) is 2.81. The van der Waals surface area contributed by atoms with Crippen molar-refractivity contribution in [3.63, 3.8) is 0 Å². The Balaban J connectivity index is 2.08. The van der Waals surface area contributed by atoms with Gasteiger partial charge in [-0.2, -0.15) is 0 Å². The lowest BCUT2D eigenvalue weighted by atomic mass is 9.96. The second-order valence-corrected chi connectivity index (χ2v) is 4.65. The average molecular weight is 274 g/mol. The number of esters is 1. The first-order valence-corrected chi connectivity index (χ1v) is 6.20. The molecule has 0 aromatic heterocycles. The molecule has 0 saturated carbocycles. The van der Waals surface area contributed by atoms with Crippen LogP contribution in [0.4, 0.5) is 4.79 Å². The molecule has 1 aromatic carbocycles. The van der Waals surface area contributed by atoms with E-state index >= 15 is 0 Å². The number of urea groups is 1. The zero-order valence-corrected chi connectivity index (χ0v) is 11.2. The number of cyclic esters (lactones) is 1. The Labute approximate surface area is 116 Å². The maximum absolute atomic E-state index is 12.0. The predicted octanol–water partition coefficient (Wildman–Crippen LogP) is 1.20. The lowest BCUT2D eigenvalue weighted by molar-refractivity contribution is -0.136. The molecule has 0 radical (unpaired) electrons. The van der Waals surface area contributed by atoms with Crippen LogP contribution in [0.2, 0.25) is 0 Å². The van der Waals surface area contributed by atoms with Crippen molar-refractivity contribution in [3.05, 3.63) is 41.1 Å². The summed E-state index contributed by atoms with van der Waals surface area (Å²) >= 11 is 0. The standard InChI is InChI=1S/C14H14N2O4/c1-16-10-7-20-13(17)11(10)12(15-14(16)18)8-4-3-5-9(6-8)19-2/h3-6,12H,7H2,1-2H3,(H,15,18). The van der Waals surface area contributed by atoms with E-state index in [4.69, 9.17) is 9.47 Å². The number of hydrogen-bond donors (Lipinski definition) is 1. The van der Waals surface area contributed by atoms with Crippen molar-refractivity contribution in [2.24, 2.45) is 0 Å². The number of ether oxygens (including phenoxy) is 2. The van der Waals surface area contributed by atoms with Gasteiger partial charge in [0.2, 0.25) is 0 Å². The molecule has 2 amide bonds. The van der Waals surface area contributed by atoms with E-state index in [2.05, 4.69) is 5.32 Å². The van der Waals surface area contributed by atoms with E-state index in [1.807, 2.05) is 18.2 Å². The summed E-state index contributed by atoms with van der Waals surface area (Å²) in [6.07, 6.45) is 0. The molecule has 2 heterocycles. The minimum Gasteiger partial charge on any atom is -0.497 e. The van der Waals surface area contributed by atoms with Crippen LogP contribution >= 0.6 is 0 Å². The third-order valence-corrected chi connectivity index (χ3v) is 3.56. The quantitative estimate of drug-likeness (QED) is 0.823. The molecule has 3 rings (SSSR count). The van der Waals surface area contributed by atoms with Gasteiger partial charge in [-0.3, -0.25) is 4.90 Å². The molecule has 1 N–H and O–H groups in total. The number of hydrogen-bond acceptors (Lipinski definition) is 4. The molecule has 6 nitrogen and oxygen atoms in total. The smallest absolute Gasteiger partial charge is 0.338 e. The highest BCUT2D eigenvalue weighted by Crippen LogP contribution is 2.35. The third-order valence-electron chi connectivity index (χ3n) is 3.56. The number of likely N-dealkylation sites (N-methyl/N-ethyl adjacent to an activating group) is 1. The molecule has 6 heteroatoms.